The van der Waals surface area contributed by atoms with Crippen LogP contribution in [0.1, 0.15) is 89.9 Å². The van der Waals surface area contributed by atoms with Gasteiger partial charge in [-0.05, 0) is 51.4 Å². The van der Waals surface area contributed by atoms with Crippen LogP contribution < -0.4 is 10.6 Å². The van der Waals surface area contributed by atoms with Gasteiger partial charge in [0.2, 0.25) is 11.8 Å². The Bertz CT molecular complexity index is 428. The zero-order valence-electron chi connectivity index (χ0n) is 18.3. The number of carbonyl (C=O) groups excluding carboxylic acids is 2. The summed E-state index contributed by atoms with van der Waals surface area (Å²) in [5, 5.41) is 7.74. The third kappa shape index (κ3) is 13.7. The molecule has 2 aliphatic heterocycles. The van der Waals surface area contributed by atoms with Crippen LogP contribution in [0.4, 0.5) is 0 Å². The van der Waals surface area contributed by atoms with Crippen molar-refractivity contribution in [1.29, 1.82) is 0 Å². The number of rotatable bonds is 17. The maximum absolute atomic E-state index is 11.9. The van der Waals surface area contributed by atoms with Crippen LogP contribution in [-0.2, 0) is 9.59 Å². The van der Waals surface area contributed by atoms with E-state index in [2.05, 4.69) is 10.6 Å². The molecule has 2 heterocycles. The first-order valence-corrected chi connectivity index (χ1v) is 16.6. The molecule has 4 nitrogen and oxygen atoms in total. The highest BCUT2D eigenvalue weighted by atomic mass is 33.1. The molecule has 0 spiro atoms. The van der Waals surface area contributed by atoms with Crippen LogP contribution in [0.2, 0.25) is 0 Å². The summed E-state index contributed by atoms with van der Waals surface area (Å²) in [6.45, 7) is 1.58. The Hall–Kier alpha value is 0.340. The Morgan fingerprint density at radius 1 is 0.633 bits per heavy atom. The normalized spacial score (nSPS) is 21.1. The van der Waals surface area contributed by atoms with Crippen LogP contribution in [0.3, 0.4) is 0 Å². The molecule has 30 heavy (non-hydrogen) atoms. The van der Waals surface area contributed by atoms with Crippen LogP contribution >= 0.6 is 43.2 Å². The minimum Gasteiger partial charge on any atom is -0.356 e. The van der Waals surface area contributed by atoms with Crippen LogP contribution in [0.5, 0.6) is 0 Å². The minimum absolute atomic E-state index is 0.209. The van der Waals surface area contributed by atoms with E-state index in [4.69, 9.17) is 0 Å². The summed E-state index contributed by atoms with van der Waals surface area (Å²) >= 11 is 0. The summed E-state index contributed by atoms with van der Waals surface area (Å²) < 4.78 is 0. The van der Waals surface area contributed by atoms with Crippen molar-refractivity contribution in [3.05, 3.63) is 0 Å². The molecule has 2 rings (SSSR count). The maximum Gasteiger partial charge on any atom is 0.219 e. The molecule has 0 aromatic rings. The second-order valence-electron chi connectivity index (χ2n) is 8.26. The summed E-state index contributed by atoms with van der Waals surface area (Å²) in [6, 6.07) is 0. The molecular formula is C22H40N2O2S4. The Kier molecular flexibility index (Phi) is 15.8. The monoisotopic (exact) mass is 492 g/mol. The molecule has 174 valence electrons. The second kappa shape index (κ2) is 17.8. The zero-order valence-corrected chi connectivity index (χ0v) is 21.6. The van der Waals surface area contributed by atoms with Gasteiger partial charge < -0.3 is 10.6 Å². The van der Waals surface area contributed by atoms with Gasteiger partial charge in [-0.15, -0.1) is 0 Å². The second-order valence-corrected chi connectivity index (χ2v) is 13.8. The van der Waals surface area contributed by atoms with Gasteiger partial charge in [0.05, 0.1) is 0 Å². The van der Waals surface area contributed by atoms with E-state index in [1.165, 1.54) is 50.0 Å². The Balaban J connectivity index is 1.27. The largest absolute Gasteiger partial charge is 0.356 e. The molecule has 2 N–H and O–H groups in total. The standard InChI is InChI=1S/C22H40N2O2S4/c25-21(11-5-3-9-19-13-17-27-29-19)23-15-7-1-2-8-16-24-22(26)12-6-4-10-20-14-18-28-30-20/h19-20H,1-18H2,(H,23,25)(H,24,26). The third-order valence-electron chi connectivity index (χ3n) is 5.56. The molecule has 2 atom stereocenters. The van der Waals surface area contributed by atoms with Crippen molar-refractivity contribution in [2.45, 2.75) is 100 Å². The summed E-state index contributed by atoms with van der Waals surface area (Å²) in [4.78, 5) is 23.7. The zero-order chi connectivity index (χ0) is 21.3. The van der Waals surface area contributed by atoms with Gasteiger partial charge in [0.25, 0.3) is 0 Å². The van der Waals surface area contributed by atoms with Gasteiger partial charge in [-0.2, -0.15) is 0 Å². The number of unbranched alkanes of at least 4 members (excludes halogenated alkanes) is 5. The smallest absolute Gasteiger partial charge is 0.219 e. The van der Waals surface area contributed by atoms with Crippen LogP contribution in [-0.4, -0.2) is 46.9 Å². The lowest BCUT2D eigenvalue weighted by Gasteiger charge is -2.08. The molecule has 2 aliphatic rings. The van der Waals surface area contributed by atoms with Crippen molar-refractivity contribution >= 4 is 55.0 Å². The van der Waals surface area contributed by atoms with Gasteiger partial charge in [0.1, 0.15) is 0 Å². The topological polar surface area (TPSA) is 58.2 Å². The predicted octanol–water partition coefficient (Wildman–Crippen LogP) is 6.21. The quantitative estimate of drug-likeness (QED) is 0.186. The highest BCUT2D eigenvalue weighted by molar-refractivity contribution is 8.77. The van der Waals surface area contributed by atoms with Crippen LogP contribution in [0.15, 0.2) is 0 Å². The highest BCUT2D eigenvalue weighted by Gasteiger charge is 2.16. The van der Waals surface area contributed by atoms with Gasteiger partial charge in [-0.25, -0.2) is 0 Å². The van der Waals surface area contributed by atoms with Gasteiger partial charge in [-0.1, -0.05) is 68.9 Å². The lowest BCUT2D eigenvalue weighted by molar-refractivity contribution is -0.122. The first-order chi connectivity index (χ1) is 14.7. The maximum atomic E-state index is 11.9. The Morgan fingerprint density at radius 3 is 1.50 bits per heavy atom. The molecule has 0 radical (unpaired) electrons. The predicted molar refractivity (Wildman–Crippen MR) is 138 cm³/mol. The Labute approximate surface area is 199 Å². The van der Waals surface area contributed by atoms with Crippen molar-refractivity contribution in [3.8, 4) is 0 Å². The van der Waals surface area contributed by atoms with E-state index in [0.717, 1.165) is 62.1 Å². The van der Waals surface area contributed by atoms with Crippen molar-refractivity contribution in [2.75, 3.05) is 24.6 Å². The van der Waals surface area contributed by atoms with E-state index in [0.29, 0.717) is 12.8 Å². The molecule has 0 aliphatic carbocycles. The summed E-state index contributed by atoms with van der Waals surface area (Å²) in [6.07, 6.45) is 15.2. The number of nitrogens with one attached hydrogen (secondary N) is 2. The third-order valence-corrected chi connectivity index (χ3v) is 11.6. The Morgan fingerprint density at radius 2 is 1.10 bits per heavy atom. The van der Waals surface area contributed by atoms with Gasteiger partial charge in [-0.3, -0.25) is 9.59 Å². The highest BCUT2D eigenvalue weighted by Crippen LogP contribution is 2.40. The van der Waals surface area contributed by atoms with E-state index < -0.39 is 0 Å². The van der Waals surface area contributed by atoms with Gasteiger partial charge in [0, 0.05) is 47.9 Å². The number of hydrogen-bond acceptors (Lipinski definition) is 6. The summed E-state index contributed by atoms with van der Waals surface area (Å²) in [5.41, 5.74) is 0. The number of carbonyl (C=O) groups is 2. The molecule has 0 aromatic carbocycles. The molecule has 0 aromatic heterocycles. The molecular weight excluding hydrogens is 453 g/mol. The summed E-state index contributed by atoms with van der Waals surface area (Å²) in [7, 11) is 8.04. The van der Waals surface area contributed by atoms with Crippen LogP contribution in [0.25, 0.3) is 0 Å². The van der Waals surface area contributed by atoms with Gasteiger partial charge in [0.15, 0.2) is 0 Å². The lowest BCUT2D eigenvalue weighted by atomic mass is 10.1. The fraction of sp³-hybridized carbons (Fsp3) is 0.909. The van der Waals surface area contributed by atoms with E-state index >= 15 is 0 Å². The van der Waals surface area contributed by atoms with Crippen molar-refractivity contribution < 1.29 is 9.59 Å². The molecule has 2 unspecified atom stereocenters. The van der Waals surface area contributed by atoms with Crippen molar-refractivity contribution in [3.63, 3.8) is 0 Å². The van der Waals surface area contributed by atoms with Crippen molar-refractivity contribution in [2.24, 2.45) is 0 Å². The molecule has 2 fully saturated rings. The van der Waals surface area contributed by atoms with Crippen molar-refractivity contribution in [1.82, 2.24) is 10.6 Å². The number of amides is 2. The number of hydrogen-bond donors (Lipinski definition) is 2. The molecule has 0 bridgehead atoms. The fourth-order valence-electron chi connectivity index (χ4n) is 3.68. The molecule has 2 saturated heterocycles. The average Bonchev–Trinajstić information content (AvgIpc) is 3.45. The van der Waals surface area contributed by atoms with Crippen LogP contribution in [0, 0.1) is 0 Å². The van der Waals surface area contributed by atoms with E-state index in [9.17, 15) is 9.59 Å². The van der Waals surface area contributed by atoms with E-state index in [1.807, 2.05) is 43.2 Å². The van der Waals surface area contributed by atoms with E-state index in [-0.39, 0.29) is 11.8 Å². The fourth-order valence-corrected chi connectivity index (χ4v) is 9.74. The SMILES string of the molecule is O=C(CCCCC1CCSS1)NCCCCCCNC(=O)CCCCC1CCSS1. The minimum atomic E-state index is 0.209. The summed E-state index contributed by atoms with van der Waals surface area (Å²) in [5.74, 6) is 3.00. The molecule has 2 amide bonds. The first kappa shape index (κ1) is 26.6. The van der Waals surface area contributed by atoms with Gasteiger partial charge >= 0.3 is 0 Å². The lowest BCUT2D eigenvalue weighted by Crippen LogP contribution is -2.25. The van der Waals surface area contributed by atoms with E-state index in [1.54, 1.807) is 0 Å². The first-order valence-electron chi connectivity index (χ1n) is 11.8. The average molecular weight is 493 g/mol. The molecule has 0 saturated carbocycles. The molecule has 8 heteroatoms.